The maximum atomic E-state index is 6.13. The molecule has 9 aromatic carbocycles. The minimum atomic E-state index is 0.00440. The van der Waals surface area contributed by atoms with Crippen LogP contribution in [-0.4, -0.2) is 30.4 Å². The van der Waals surface area contributed by atoms with Crippen molar-refractivity contribution in [1.29, 1.82) is 0 Å². The Labute approximate surface area is 454 Å². The van der Waals surface area contributed by atoms with E-state index < -0.39 is 0 Å². The van der Waals surface area contributed by atoms with Gasteiger partial charge in [-0.15, -0.1) is 20.4 Å². The standard InChI is InChI=1S/C68H56N8O2/c1-67(2,3)51-29-41-57(42-30-51)75(55-37-25-49(26-38-55)65-73-71-63(77-65)47-15-9-7-10-16-47)53-33-21-45(22-34-53)61-62(70-60-20-14-13-19-59(60)69-61)46-23-35-54(36-24-46)76(58-43-31-52(32-44-58)68(4,5)6)56-39-27-50(28-40-56)66-74-72-64(78-66)48-17-11-8-12-18-48/h7-44H,1-6H3. The van der Waals surface area contributed by atoms with Crippen LogP contribution in [0, 0.1) is 0 Å². The Kier molecular flexibility index (Phi) is 12.8. The van der Waals surface area contributed by atoms with Crippen molar-refractivity contribution in [1.82, 2.24) is 30.4 Å². The normalized spacial score (nSPS) is 11.7. The summed E-state index contributed by atoms with van der Waals surface area (Å²) in [6, 6.07) is 79.0. The van der Waals surface area contributed by atoms with Crippen molar-refractivity contribution in [2.75, 3.05) is 9.80 Å². The zero-order chi connectivity index (χ0) is 53.4. The molecule has 3 aromatic heterocycles. The van der Waals surface area contributed by atoms with Crippen molar-refractivity contribution in [3.05, 3.63) is 242 Å². The molecule has 10 heteroatoms. The highest BCUT2D eigenvalue weighted by Crippen LogP contribution is 2.42. The Bertz CT molecular complexity index is 3730. The molecule has 0 saturated carbocycles. The van der Waals surface area contributed by atoms with Gasteiger partial charge in [0.1, 0.15) is 0 Å². The van der Waals surface area contributed by atoms with E-state index in [9.17, 15) is 0 Å². The summed E-state index contributed by atoms with van der Waals surface area (Å²) in [5, 5.41) is 17.4. The van der Waals surface area contributed by atoms with E-state index in [1.165, 1.54) is 11.1 Å². The van der Waals surface area contributed by atoms with Gasteiger partial charge in [0.25, 0.3) is 0 Å². The lowest BCUT2D eigenvalue weighted by molar-refractivity contribution is 0.584. The predicted octanol–water partition coefficient (Wildman–Crippen LogP) is 17.9. The fourth-order valence-corrected chi connectivity index (χ4v) is 9.64. The maximum absolute atomic E-state index is 6.13. The summed E-state index contributed by atoms with van der Waals surface area (Å²) in [7, 11) is 0. The molecular formula is C68H56N8O2. The molecule has 12 rings (SSSR count). The molecule has 0 bridgehead atoms. The third-order valence-corrected chi connectivity index (χ3v) is 14.0. The molecule has 78 heavy (non-hydrogen) atoms. The first kappa shape index (κ1) is 49.1. The minimum Gasteiger partial charge on any atom is -0.416 e. The topological polar surface area (TPSA) is 110 Å². The number of benzene rings is 9. The molecule has 0 saturated heterocycles. The first-order valence-electron chi connectivity index (χ1n) is 26.2. The van der Waals surface area contributed by atoms with Gasteiger partial charge in [-0.2, -0.15) is 0 Å². The van der Waals surface area contributed by atoms with E-state index in [1.807, 2.05) is 109 Å². The number of hydrogen-bond donors (Lipinski definition) is 0. The second-order valence-corrected chi connectivity index (χ2v) is 21.4. The highest BCUT2D eigenvalue weighted by atomic mass is 16.4. The van der Waals surface area contributed by atoms with E-state index in [2.05, 4.69) is 193 Å². The van der Waals surface area contributed by atoms with E-state index in [4.69, 9.17) is 18.8 Å². The minimum absolute atomic E-state index is 0.00440. The highest BCUT2D eigenvalue weighted by molar-refractivity contribution is 5.88. The summed E-state index contributed by atoms with van der Waals surface area (Å²) < 4.78 is 12.3. The van der Waals surface area contributed by atoms with Crippen LogP contribution in [0.4, 0.5) is 34.1 Å². The largest absolute Gasteiger partial charge is 0.416 e. The van der Waals surface area contributed by atoms with Gasteiger partial charge in [-0.25, -0.2) is 9.97 Å². The SMILES string of the molecule is CC(C)(C)c1ccc(N(c2ccc(-c3nnc(-c4ccccc4)o3)cc2)c2ccc(-c3nc4ccccc4nc3-c3ccc(N(c4ccc(-c5nnc(-c6ccccc6)o5)cc4)c4ccc(C(C)(C)C)cc4)cc3)cc2)cc1. The molecule has 0 aliphatic heterocycles. The van der Waals surface area contributed by atoms with Crippen molar-refractivity contribution in [3.63, 3.8) is 0 Å². The molecule has 0 aliphatic carbocycles. The van der Waals surface area contributed by atoms with Crippen LogP contribution in [0.25, 0.3) is 79.4 Å². The number of hydrogen-bond acceptors (Lipinski definition) is 10. The molecule has 0 radical (unpaired) electrons. The molecule has 0 atom stereocenters. The third kappa shape index (κ3) is 10.1. The lowest BCUT2D eigenvalue weighted by Crippen LogP contribution is -2.13. The first-order chi connectivity index (χ1) is 37.9. The first-order valence-corrected chi connectivity index (χ1v) is 26.2. The monoisotopic (exact) mass is 1020 g/mol. The summed E-state index contributed by atoms with van der Waals surface area (Å²) in [4.78, 5) is 15.2. The second-order valence-electron chi connectivity index (χ2n) is 21.4. The zero-order valence-electron chi connectivity index (χ0n) is 44.3. The van der Waals surface area contributed by atoms with Gasteiger partial charge in [-0.3, -0.25) is 0 Å². The van der Waals surface area contributed by atoms with Gasteiger partial charge in [0, 0.05) is 67.5 Å². The Morgan fingerprint density at radius 1 is 0.269 bits per heavy atom. The molecular weight excluding hydrogens is 961 g/mol. The van der Waals surface area contributed by atoms with Gasteiger partial charge >= 0.3 is 0 Å². The smallest absolute Gasteiger partial charge is 0.248 e. The van der Waals surface area contributed by atoms with Gasteiger partial charge in [0.05, 0.1) is 22.4 Å². The van der Waals surface area contributed by atoms with Gasteiger partial charge < -0.3 is 18.6 Å². The molecule has 0 aliphatic rings. The summed E-state index contributed by atoms with van der Waals surface area (Å²) in [6.07, 6.45) is 0. The molecule has 3 heterocycles. The maximum Gasteiger partial charge on any atom is 0.248 e. The van der Waals surface area contributed by atoms with Crippen molar-refractivity contribution >= 4 is 45.2 Å². The second kappa shape index (κ2) is 20.4. The molecule has 380 valence electrons. The average molecular weight is 1020 g/mol. The van der Waals surface area contributed by atoms with E-state index in [-0.39, 0.29) is 10.8 Å². The average Bonchev–Trinajstić information content (AvgIpc) is 4.24. The van der Waals surface area contributed by atoms with E-state index in [0.29, 0.717) is 23.6 Å². The van der Waals surface area contributed by atoms with Crippen molar-refractivity contribution in [3.8, 4) is 68.3 Å². The van der Waals surface area contributed by atoms with Crippen molar-refractivity contribution in [2.24, 2.45) is 0 Å². The Morgan fingerprint density at radius 3 is 0.795 bits per heavy atom. The van der Waals surface area contributed by atoms with Gasteiger partial charge in [0.2, 0.25) is 23.6 Å². The van der Waals surface area contributed by atoms with Crippen molar-refractivity contribution < 1.29 is 8.83 Å². The van der Waals surface area contributed by atoms with E-state index >= 15 is 0 Å². The Hall–Kier alpha value is -9.80. The van der Waals surface area contributed by atoms with Crippen molar-refractivity contribution in [2.45, 2.75) is 52.4 Å². The van der Waals surface area contributed by atoms with Gasteiger partial charge in [-0.05, 0) is 155 Å². The summed E-state index contributed by atoms with van der Waals surface area (Å²) in [5.74, 6) is 1.88. The Morgan fingerprint density at radius 2 is 0.513 bits per heavy atom. The number of fused-ring (bicyclic) bond motifs is 1. The fourth-order valence-electron chi connectivity index (χ4n) is 9.64. The molecule has 12 aromatic rings. The van der Waals surface area contributed by atoms with Crippen LogP contribution in [0.1, 0.15) is 52.7 Å². The number of rotatable bonds is 12. The van der Waals surface area contributed by atoms with Crippen LogP contribution in [0.2, 0.25) is 0 Å². The van der Waals surface area contributed by atoms with Crippen LogP contribution < -0.4 is 9.80 Å². The number of para-hydroxylation sites is 2. The van der Waals surface area contributed by atoms with Crippen LogP contribution >= 0.6 is 0 Å². The van der Waals surface area contributed by atoms with Crippen LogP contribution in [0.15, 0.2) is 239 Å². The van der Waals surface area contributed by atoms with E-state index in [0.717, 1.165) is 89.9 Å². The lowest BCUT2D eigenvalue weighted by Gasteiger charge is -2.27. The van der Waals surface area contributed by atoms with Gasteiger partial charge in [-0.1, -0.05) is 139 Å². The van der Waals surface area contributed by atoms with Crippen LogP contribution in [0.5, 0.6) is 0 Å². The fraction of sp³-hybridized carbons (Fsp3) is 0.118. The molecule has 0 N–H and O–H groups in total. The summed E-state index contributed by atoms with van der Waals surface area (Å²) in [5.41, 5.74) is 17.0. The highest BCUT2D eigenvalue weighted by Gasteiger charge is 2.22. The molecule has 0 spiro atoms. The molecule has 0 unspecified atom stereocenters. The lowest BCUT2D eigenvalue weighted by atomic mass is 9.87. The van der Waals surface area contributed by atoms with Gasteiger partial charge in [0.15, 0.2) is 0 Å². The number of anilines is 6. The summed E-state index contributed by atoms with van der Waals surface area (Å²) >= 11 is 0. The quantitative estimate of drug-likeness (QED) is 0.117. The zero-order valence-corrected chi connectivity index (χ0v) is 44.3. The Balaban J connectivity index is 0.884. The van der Waals surface area contributed by atoms with E-state index in [1.54, 1.807) is 0 Å². The summed E-state index contributed by atoms with van der Waals surface area (Å²) in [6.45, 7) is 13.4. The molecule has 0 fully saturated rings. The molecule has 0 amide bonds. The number of aromatic nitrogens is 6. The van der Waals surface area contributed by atoms with Crippen LogP contribution in [0.3, 0.4) is 0 Å². The third-order valence-electron chi connectivity index (χ3n) is 14.0. The predicted molar refractivity (Wildman–Crippen MR) is 315 cm³/mol. The number of nitrogens with zero attached hydrogens (tertiary/aromatic N) is 8. The molecule has 10 nitrogen and oxygen atoms in total. The van der Waals surface area contributed by atoms with Crippen LogP contribution in [-0.2, 0) is 10.8 Å².